The van der Waals surface area contributed by atoms with Crippen LogP contribution in [-0.2, 0) is 12.7 Å². The monoisotopic (exact) mass is 416 g/mol. The number of hydrogen-bond donors (Lipinski definition) is 2. The Morgan fingerprint density at radius 1 is 1.20 bits per heavy atom. The van der Waals surface area contributed by atoms with Crippen LogP contribution in [0.5, 0.6) is 5.75 Å². The number of rotatable bonds is 5. The standard InChI is InChI=1S/C21H19F3N4O2/c1-30-16-7-3-5-14(9-16)17-10-18-20(29)26-12-19(28(18)27-17)25-11-13-4-2-6-15(8-13)21(22,23)24/h2-10,19,25H,11-12H2,1H3,(H,26,29)/t19-/m0/s1. The summed E-state index contributed by atoms with van der Waals surface area (Å²) in [6.45, 7) is 0.461. The zero-order valence-electron chi connectivity index (χ0n) is 16.0. The second-order valence-corrected chi connectivity index (χ2v) is 6.90. The lowest BCUT2D eigenvalue weighted by Crippen LogP contribution is -2.45. The summed E-state index contributed by atoms with van der Waals surface area (Å²) in [5.74, 6) is 0.413. The van der Waals surface area contributed by atoms with Crippen LogP contribution in [0.15, 0.2) is 54.6 Å². The predicted octanol–water partition coefficient (Wildman–Crippen LogP) is 3.61. The molecule has 0 spiro atoms. The molecule has 2 heterocycles. The van der Waals surface area contributed by atoms with Crippen molar-refractivity contribution < 1.29 is 22.7 Å². The number of benzene rings is 2. The highest BCUT2D eigenvalue weighted by atomic mass is 19.4. The Morgan fingerprint density at radius 2 is 2.00 bits per heavy atom. The Hall–Kier alpha value is -3.33. The fourth-order valence-corrected chi connectivity index (χ4v) is 3.34. The van der Waals surface area contributed by atoms with Crippen LogP contribution < -0.4 is 15.4 Å². The van der Waals surface area contributed by atoms with Crippen molar-refractivity contribution in [3.05, 3.63) is 71.4 Å². The van der Waals surface area contributed by atoms with Gasteiger partial charge in [0.15, 0.2) is 0 Å². The average Bonchev–Trinajstić information content (AvgIpc) is 3.20. The van der Waals surface area contributed by atoms with Gasteiger partial charge in [-0.3, -0.25) is 10.1 Å². The number of amides is 1. The van der Waals surface area contributed by atoms with Crippen LogP contribution in [-0.4, -0.2) is 29.3 Å². The van der Waals surface area contributed by atoms with Gasteiger partial charge < -0.3 is 10.1 Å². The van der Waals surface area contributed by atoms with Crippen molar-refractivity contribution in [2.75, 3.05) is 13.7 Å². The molecule has 0 saturated heterocycles. The van der Waals surface area contributed by atoms with Crippen molar-refractivity contribution in [3.63, 3.8) is 0 Å². The van der Waals surface area contributed by atoms with Gasteiger partial charge in [0.25, 0.3) is 5.91 Å². The van der Waals surface area contributed by atoms with Gasteiger partial charge in [0.05, 0.1) is 24.9 Å². The van der Waals surface area contributed by atoms with Gasteiger partial charge in [-0.2, -0.15) is 18.3 Å². The van der Waals surface area contributed by atoms with Crippen LogP contribution in [0.25, 0.3) is 11.3 Å². The molecule has 1 atom stereocenters. The normalized spacial score (nSPS) is 16.1. The van der Waals surface area contributed by atoms with Gasteiger partial charge in [-0.15, -0.1) is 0 Å². The molecule has 2 aromatic carbocycles. The Kier molecular flexibility index (Phi) is 5.21. The summed E-state index contributed by atoms with van der Waals surface area (Å²) >= 11 is 0. The van der Waals surface area contributed by atoms with Crippen LogP contribution >= 0.6 is 0 Å². The minimum absolute atomic E-state index is 0.193. The summed E-state index contributed by atoms with van der Waals surface area (Å²) in [4.78, 5) is 12.3. The van der Waals surface area contributed by atoms with Crippen molar-refractivity contribution >= 4 is 5.91 Å². The molecular formula is C21H19F3N4O2. The van der Waals surface area contributed by atoms with Gasteiger partial charge >= 0.3 is 6.18 Å². The van der Waals surface area contributed by atoms with E-state index in [1.165, 1.54) is 6.07 Å². The molecule has 0 fully saturated rings. The number of halogens is 3. The van der Waals surface area contributed by atoms with Crippen LogP contribution in [0, 0.1) is 0 Å². The largest absolute Gasteiger partial charge is 0.497 e. The van der Waals surface area contributed by atoms with Crippen molar-refractivity contribution in [2.45, 2.75) is 18.9 Å². The maximum atomic E-state index is 12.9. The number of aromatic nitrogens is 2. The van der Waals surface area contributed by atoms with E-state index in [2.05, 4.69) is 15.7 Å². The maximum Gasteiger partial charge on any atom is 0.416 e. The van der Waals surface area contributed by atoms with E-state index in [1.807, 2.05) is 24.3 Å². The summed E-state index contributed by atoms with van der Waals surface area (Å²) in [6.07, 6.45) is -4.79. The molecule has 0 saturated carbocycles. The van der Waals surface area contributed by atoms with E-state index in [4.69, 9.17) is 4.74 Å². The Labute approximate surface area is 170 Å². The quantitative estimate of drug-likeness (QED) is 0.667. The third-order valence-corrected chi connectivity index (χ3v) is 4.88. The Balaban J connectivity index is 1.57. The zero-order chi connectivity index (χ0) is 21.3. The number of methoxy groups -OCH3 is 1. The van der Waals surface area contributed by atoms with Crippen molar-refractivity contribution in [1.82, 2.24) is 20.4 Å². The van der Waals surface area contributed by atoms with Gasteiger partial charge in [0.2, 0.25) is 0 Å². The smallest absolute Gasteiger partial charge is 0.416 e. The van der Waals surface area contributed by atoms with Crippen molar-refractivity contribution in [3.8, 4) is 17.0 Å². The molecule has 1 amide bonds. The molecule has 4 rings (SSSR count). The van der Waals surface area contributed by atoms with E-state index < -0.39 is 17.9 Å². The third kappa shape index (κ3) is 4.02. The number of fused-ring (bicyclic) bond motifs is 1. The van der Waals surface area contributed by atoms with E-state index in [9.17, 15) is 18.0 Å². The fraction of sp³-hybridized carbons (Fsp3) is 0.238. The summed E-state index contributed by atoms with van der Waals surface area (Å²) in [5, 5.41) is 10.5. The molecule has 1 aliphatic rings. The molecule has 0 unspecified atom stereocenters. The van der Waals surface area contributed by atoms with E-state index in [0.717, 1.165) is 17.7 Å². The predicted molar refractivity (Wildman–Crippen MR) is 104 cm³/mol. The van der Waals surface area contributed by atoms with Gasteiger partial charge in [0, 0.05) is 12.1 Å². The zero-order valence-corrected chi connectivity index (χ0v) is 16.0. The van der Waals surface area contributed by atoms with Crippen molar-refractivity contribution in [1.29, 1.82) is 0 Å². The van der Waals surface area contributed by atoms with E-state index in [-0.39, 0.29) is 19.0 Å². The minimum atomic E-state index is -4.39. The van der Waals surface area contributed by atoms with E-state index in [1.54, 1.807) is 23.9 Å². The number of alkyl halides is 3. The summed E-state index contributed by atoms with van der Waals surface area (Å²) in [6, 6.07) is 14.1. The third-order valence-electron chi connectivity index (χ3n) is 4.88. The first-order valence-electron chi connectivity index (χ1n) is 9.27. The summed E-state index contributed by atoms with van der Waals surface area (Å²) < 4.78 is 45.6. The Morgan fingerprint density at radius 3 is 2.77 bits per heavy atom. The molecule has 2 N–H and O–H groups in total. The first-order chi connectivity index (χ1) is 14.3. The fourth-order valence-electron chi connectivity index (χ4n) is 3.34. The second-order valence-electron chi connectivity index (χ2n) is 6.90. The number of nitrogens with zero attached hydrogens (tertiary/aromatic N) is 2. The Bertz CT molecular complexity index is 1080. The van der Waals surface area contributed by atoms with Gasteiger partial charge in [0.1, 0.15) is 17.6 Å². The average molecular weight is 416 g/mol. The number of nitrogens with one attached hydrogen (secondary N) is 2. The number of hydrogen-bond acceptors (Lipinski definition) is 4. The molecule has 6 nitrogen and oxygen atoms in total. The molecule has 30 heavy (non-hydrogen) atoms. The lowest BCUT2D eigenvalue weighted by Gasteiger charge is -2.26. The molecule has 156 valence electrons. The molecule has 9 heteroatoms. The number of carbonyl (C=O) groups is 1. The highest BCUT2D eigenvalue weighted by Gasteiger charge is 2.31. The van der Waals surface area contributed by atoms with Crippen LogP contribution in [0.2, 0.25) is 0 Å². The second kappa shape index (κ2) is 7.83. The van der Waals surface area contributed by atoms with Crippen LogP contribution in [0.3, 0.4) is 0 Å². The molecule has 1 aromatic heterocycles. The van der Waals surface area contributed by atoms with Crippen LogP contribution in [0.4, 0.5) is 13.2 Å². The number of carbonyl (C=O) groups excluding carboxylic acids is 1. The molecule has 0 bridgehead atoms. The van der Waals surface area contributed by atoms with E-state index in [0.29, 0.717) is 22.7 Å². The molecule has 0 aliphatic carbocycles. The summed E-state index contributed by atoms with van der Waals surface area (Å²) in [5.41, 5.74) is 1.57. The molecular weight excluding hydrogens is 397 g/mol. The minimum Gasteiger partial charge on any atom is -0.497 e. The SMILES string of the molecule is COc1cccc(-c2cc3n(n2)[C@H](NCc2cccc(C(F)(F)F)c2)CNC3=O)c1. The lowest BCUT2D eigenvalue weighted by atomic mass is 10.1. The maximum absolute atomic E-state index is 12.9. The highest BCUT2D eigenvalue weighted by molar-refractivity contribution is 5.94. The molecule has 0 radical (unpaired) electrons. The topological polar surface area (TPSA) is 68.2 Å². The van der Waals surface area contributed by atoms with Gasteiger partial charge in [-0.1, -0.05) is 30.3 Å². The van der Waals surface area contributed by atoms with E-state index >= 15 is 0 Å². The van der Waals surface area contributed by atoms with Crippen LogP contribution in [0.1, 0.15) is 27.8 Å². The molecule has 3 aromatic rings. The first kappa shape index (κ1) is 20.0. The first-order valence-corrected chi connectivity index (χ1v) is 9.27. The summed E-state index contributed by atoms with van der Waals surface area (Å²) in [7, 11) is 1.57. The number of ether oxygens (including phenoxy) is 1. The molecule has 1 aliphatic heterocycles. The lowest BCUT2D eigenvalue weighted by molar-refractivity contribution is -0.137. The van der Waals surface area contributed by atoms with Gasteiger partial charge in [-0.25, -0.2) is 4.68 Å². The van der Waals surface area contributed by atoms with Gasteiger partial charge in [-0.05, 0) is 29.8 Å². The van der Waals surface area contributed by atoms with Crippen molar-refractivity contribution in [2.24, 2.45) is 0 Å². The highest BCUT2D eigenvalue weighted by Crippen LogP contribution is 2.30.